The van der Waals surface area contributed by atoms with Crippen LogP contribution in [0.1, 0.15) is 6.92 Å². The highest BCUT2D eigenvalue weighted by molar-refractivity contribution is 5.85. The summed E-state index contributed by atoms with van der Waals surface area (Å²) in [5.41, 5.74) is 0.174. The van der Waals surface area contributed by atoms with Crippen LogP contribution in [0, 0.1) is 0 Å². The average molecular weight is 174 g/mol. The van der Waals surface area contributed by atoms with Crippen molar-refractivity contribution in [1.29, 1.82) is 0 Å². The van der Waals surface area contributed by atoms with Gasteiger partial charge in [-0.15, -0.1) is 6.58 Å². The van der Waals surface area contributed by atoms with Gasteiger partial charge < -0.3 is 15.3 Å². The molecule has 0 aromatic rings. The number of aliphatic carboxylic acids is 1. The summed E-state index contributed by atoms with van der Waals surface area (Å²) in [5, 5.41) is 24.0. The zero-order chi connectivity index (χ0) is 9.98. The Hall–Kier alpha value is -1.13. The Morgan fingerprint density at radius 2 is 1.83 bits per heavy atom. The van der Waals surface area contributed by atoms with E-state index in [2.05, 4.69) is 6.58 Å². The Kier molecular flexibility index (Phi) is 11.1. The van der Waals surface area contributed by atoms with Gasteiger partial charge >= 0.3 is 5.97 Å². The zero-order valence-corrected chi connectivity index (χ0v) is 7.03. The SMILES string of the molecule is C=CCO.CC(=CCO)C(=O)O. The molecule has 0 aliphatic rings. The summed E-state index contributed by atoms with van der Waals surface area (Å²) in [4.78, 5) is 9.91. The number of carboxylic acid groups (broad SMARTS) is 1. The molecule has 0 saturated carbocycles. The molecule has 0 heterocycles. The monoisotopic (exact) mass is 174 g/mol. The standard InChI is InChI=1S/C5H8O3.C3H6O/c1-4(2-3-6)5(7)8;1-2-3-4/h2,6H,3H2,1H3,(H,7,8);2,4H,1,3H2. The maximum absolute atomic E-state index is 9.91. The van der Waals surface area contributed by atoms with Gasteiger partial charge in [-0.05, 0) is 13.0 Å². The van der Waals surface area contributed by atoms with Crippen molar-refractivity contribution in [3.63, 3.8) is 0 Å². The van der Waals surface area contributed by atoms with Gasteiger partial charge in [-0.1, -0.05) is 6.08 Å². The van der Waals surface area contributed by atoms with Gasteiger partial charge in [-0.3, -0.25) is 0 Å². The van der Waals surface area contributed by atoms with Gasteiger partial charge in [0.25, 0.3) is 0 Å². The molecular formula is C8H14O4. The largest absolute Gasteiger partial charge is 0.478 e. The third-order valence-corrected chi connectivity index (χ3v) is 0.864. The summed E-state index contributed by atoms with van der Waals surface area (Å²) in [6.45, 7) is 4.53. The van der Waals surface area contributed by atoms with Crippen LogP contribution in [0.3, 0.4) is 0 Å². The van der Waals surface area contributed by atoms with Crippen LogP contribution in [0.4, 0.5) is 0 Å². The molecule has 0 spiro atoms. The van der Waals surface area contributed by atoms with Gasteiger partial charge in [-0.25, -0.2) is 4.79 Å². The highest BCUT2D eigenvalue weighted by Crippen LogP contribution is 1.88. The van der Waals surface area contributed by atoms with E-state index in [1.807, 2.05) is 0 Å². The summed E-state index contributed by atoms with van der Waals surface area (Å²) in [6.07, 6.45) is 2.67. The topological polar surface area (TPSA) is 77.8 Å². The Morgan fingerprint density at radius 3 is 1.92 bits per heavy atom. The van der Waals surface area contributed by atoms with Gasteiger partial charge in [0.05, 0.1) is 13.2 Å². The van der Waals surface area contributed by atoms with E-state index in [-0.39, 0.29) is 18.8 Å². The second kappa shape index (κ2) is 9.87. The fraction of sp³-hybridized carbons (Fsp3) is 0.375. The molecule has 0 bridgehead atoms. The molecule has 0 unspecified atom stereocenters. The summed E-state index contributed by atoms with van der Waals surface area (Å²) < 4.78 is 0. The molecule has 0 radical (unpaired) electrons. The van der Waals surface area contributed by atoms with Crippen LogP contribution in [0.15, 0.2) is 24.3 Å². The molecule has 70 valence electrons. The number of hydrogen-bond donors (Lipinski definition) is 3. The predicted molar refractivity (Wildman–Crippen MR) is 45.8 cm³/mol. The van der Waals surface area contributed by atoms with Gasteiger partial charge in [0, 0.05) is 5.57 Å². The second-order valence-electron chi connectivity index (χ2n) is 1.85. The number of hydrogen-bond acceptors (Lipinski definition) is 3. The third kappa shape index (κ3) is 11.6. The summed E-state index contributed by atoms with van der Waals surface area (Å²) in [7, 11) is 0. The van der Waals surface area contributed by atoms with E-state index in [1.165, 1.54) is 19.1 Å². The van der Waals surface area contributed by atoms with Crippen molar-refractivity contribution in [2.24, 2.45) is 0 Å². The van der Waals surface area contributed by atoms with Gasteiger partial charge in [0.15, 0.2) is 0 Å². The highest BCUT2D eigenvalue weighted by atomic mass is 16.4. The molecule has 0 aliphatic heterocycles. The van der Waals surface area contributed by atoms with Crippen molar-refractivity contribution in [3.8, 4) is 0 Å². The minimum Gasteiger partial charge on any atom is -0.478 e. The Labute approximate surface area is 71.5 Å². The number of aliphatic hydroxyl groups is 2. The summed E-state index contributed by atoms with van der Waals surface area (Å²) >= 11 is 0. The molecule has 0 atom stereocenters. The maximum Gasteiger partial charge on any atom is 0.331 e. The summed E-state index contributed by atoms with van der Waals surface area (Å²) in [6, 6.07) is 0. The van der Waals surface area contributed by atoms with E-state index in [4.69, 9.17) is 15.3 Å². The Morgan fingerprint density at radius 1 is 1.42 bits per heavy atom. The highest BCUT2D eigenvalue weighted by Gasteiger charge is 1.95. The lowest BCUT2D eigenvalue weighted by Gasteiger charge is -1.86. The Bertz CT molecular complexity index is 160. The smallest absolute Gasteiger partial charge is 0.331 e. The minimum atomic E-state index is -0.987. The normalized spacial score (nSPS) is 9.75. The van der Waals surface area contributed by atoms with E-state index in [0.717, 1.165) is 0 Å². The zero-order valence-electron chi connectivity index (χ0n) is 7.03. The lowest BCUT2D eigenvalue weighted by molar-refractivity contribution is -0.132. The number of carboxylic acids is 1. The van der Waals surface area contributed by atoms with Crippen molar-refractivity contribution in [2.45, 2.75) is 6.92 Å². The molecule has 0 amide bonds. The first-order chi connectivity index (χ1) is 5.59. The van der Waals surface area contributed by atoms with E-state index < -0.39 is 5.97 Å². The molecule has 12 heavy (non-hydrogen) atoms. The van der Waals surface area contributed by atoms with E-state index >= 15 is 0 Å². The van der Waals surface area contributed by atoms with Crippen molar-refractivity contribution in [3.05, 3.63) is 24.3 Å². The lowest BCUT2D eigenvalue weighted by atomic mass is 10.3. The fourth-order valence-corrected chi connectivity index (χ4v) is 0.224. The Balaban J connectivity index is 0. The lowest BCUT2D eigenvalue weighted by Crippen LogP contribution is -1.96. The first kappa shape index (κ1) is 13.5. The van der Waals surface area contributed by atoms with Gasteiger partial charge in [-0.2, -0.15) is 0 Å². The quantitative estimate of drug-likeness (QED) is 0.421. The van der Waals surface area contributed by atoms with Gasteiger partial charge in [0.2, 0.25) is 0 Å². The molecule has 4 nitrogen and oxygen atoms in total. The molecule has 0 fully saturated rings. The van der Waals surface area contributed by atoms with Crippen LogP contribution in [-0.4, -0.2) is 34.5 Å². The third-order valence-electron chi connectivity index (χ3n) is 0.864. The van der Waals surface area contributed by atoms with Crippen LogP contribution in [0.2, 0.25) is 0 Å². The van der Waals surface area contributed by atoms with E-state index in [0.29, 0.717) is 0 Å². The van der Waals surface area contributed by atoms with Crippen LogP contribution in [-0.2, 0) is 4.79 Å². The van der Waals surface area contributed by atoms with Crippen molar-refractivity contribution in [1.82, 2.24) is 0 Å². The van der Waals surface area contributed by atoms with E-state index in [9.17, 15) is 4.79 Å². The minimum absolute atomic E-state index is 0.0833. The van der Waals surface area contributed by atoms with Crippen molar-refractivity contribution >= 4 is 5.97 Å². The molecular weight excluding hydrogens is 160 g/mol. The number of carbonyl (C=O) groups is 1. The fourth-order valence-electron chi connectivity index (χ4n) is 0.224. The van der Waals surface area contributed by atoms with Crippen LogP contribution in [0.5, 0.6) is 0 Å². The predicted octanol–water partition coefficient (Wildman–Crippen LogP) is 0.174. The molecule has 0 saturated heterocycles. The molecule has 0 aromatic heterocycles. The number of rotatable bonds is 3. The molecule has 0 aliphatic carbocycles. The molecule has 4 heteroatoms. The molecule has 0 aromatic carbocycles. The molecule has 3 N–H and O–H groups in total. The van der Waals surface area contributed by atoms with E-state index in [1.54, 1.807) is 0 Å². The number of aliphatic hydroxyl groups excluding tert-OH is 2. The van der Waals surface area contributed by atoms with Gasteiger partial charge in [0.1, 0.15) is 0 Å². The summed E-state index contributed by atoms with van der Waals surface area (Å²) in [5.74, 6) is -0.987. The van der Waals surface area contributed by atoms with Crippen LogP contribution in [0.25, 0.3) is 0 Å². The second-order valence-corrected chi connectivity index (χ2v) is 1.85. The van der Waals surface area contributed by atoms with Crippen LogP contribution >= 0.6 is 0 Å². The van der Waals surface area contributed by atoms with Crippen molar-refractivity contribution in [2.75, 3.05) is 13.2 Å². The maximum atomic E-state index is 9.91. The molecule has 0 rings (SSSR count). The average Bonchev–Trinajstić information content (AvgIpc) is 2.05. The first-order valence-electron chi connectivity index (χ1n) is 3.32. The van der Waals surface area contributed by atoms with Crippen LogP contribution < -0.4 is 0 Å². The first-order valence-corrected chi connectivity index (χ1v) is 3.32. The van der Waals surface area contributed by atoms with Crippen molar-refractivity contribution < 1.29 is 20.1 Å².